The van der Waals surface area contributed by atoms with Gasteiger partial charge in [-0.05, 0) is 51.4 Å². The number of hydrogen-bond donors (Lipinski definition) is 2. The van der Waals surface area contributed by atoms with Gasteiger partial charge in [0.1, 0.15) is 5.76 Å². The van der Waals surface area contributed by atoms with E-state index in [0.29, 0.717) is 6.04 Å². The van der Waals surface area contributed by atoms with Crippen LogP contribution in [0.25, 0.3) is 0 Å². The highest BCUT2D eigenvalue weighted by atomic mass is 127. The van der Waals surface area contributed by atoms with Crippen molar-refractivity contribution in [2.24, 2.45) is 4.99 Å². The van der Waals surface area contributed by atoms with Gasteiger partial charge in [0.2, 0.25) is 0 Å². The van der Waals surface area contributed by atoms with Gasteiger partial charge in [-0.1, -0.05) is 6.92 Å². The number of nitrogens with zero attached hydrogens (tertiary/aromatic N) is 2. The first-order valence-corrected chi connectivity index (χ1v) is 7.99. The van der Waals surface area contributed by atoms with Crippen molar-refractivity contribution < 1.29 is 4.42 Å². The lowest BCUT2D eigenvalue weighted by Crippen LogP contribution is -2.45. The maximum Gasteiger partial charge on any atom is 0.191 e. The molecule has 1 aliphatic rings. The molecule has 0 spiro atoms. The van der Waals surface area contributed by atoms with Crippen LogP contribution in [0.4, 0.5) is 0 Å². The van der Waals surface area contributed by atoms with Gasteiger partial charge in [0.15, 0.2) is 5.96 Å². The van der Waals surface area contributed by atoms with Crippen LogP contribution in [0, 0.1) is 0 Å². The molecule has 1 aromatic heterocycles. The Bertz CT molecular complexity index is 429. The fourth-order valence-corrected chi connectivity index (χ4v) is 2.67. The lowest BCUT2D eigenvalue weighted by molar-refractivity contribution is 0.215. The van der Waals surface area contributed by atoms with Gasteiger partial charge in [0.25, 0.3) is 0 Å². The topological polar surface area (TPSA) is 52.8 Å². The third-order valence-electron chi connectivity index (χ3n) is 4.13. The fourth-order valence-electron chi connectivity index (χ4n) is 2.67. The molecule has 1 fully saturated rings. The number of aliphatic imine (C=N–C) groups is 1. The van der Waals surface area contributed by atoms with Crippen LogP contribution in [0.1, 0.15) is 44.9 Å². The normalized spacial score (nSPS) is 18.6. The smallest absolute Gasteiger partial charge is 0.191 e. The Hall–Kier alpha value is -0.760. The zero-order valence-corrected chi connectivity index (χ0v) is 16.2. The minimum Gasteiger partial charge on any atom is -0.468 e. The molecular weight excluding hydrogens is 391 g/mol. The quantitative estimate of drug-likeness (QED) is 0.422. The Balaban J connectivity index is 0.00000242. The van der Waals surface area contributed by atoms with Crippen molar-refractivity contribution in [3.63, 3.8) is 0 Å². The van der Waals surface area contributed by atoms with Crippen LogP contribution in [0.3, 0.4) is 0 Å². The standard InChI is InChI=1S/C16H28N4O.HI/c1-4-13(2)19-16(17-3)18-12-14(15-8-7-11-21-15)20-9-5-6-10-20;/h7-8,11,13-14H,4-6,9-10,12H2,1-3H3,(H2,17,18,19);1H. The molecule has 5 nitrogen and oxygen atoms in total. The van der Waals surface area contributed by atoms with E-state index in [2.05, 4.69) is 40.4 Å². The molecule has 0 saturated carbocycles. The minimum absolute atomic E-state index is 0. The molecule has 2 heterocycles. The van der Waals surface area contributed by atoms with Crippen LogP contribution in [0.15, 0.2) is 27.8 Å². The summed E-state index contributed by atoms with van der Waals surface area (Å²) in [6.07, 6.45) is 5.38. The lowest BCUT2D eigenvalue weighted by Gasteiger charge is -2.27. The van der Waals surface area contributed by atoms with Crippen LogP contribution in [0.2, 0.25) is 0 Å². The van der Waals surface area contributed by atoms with Crippen LogP contribution in [0.5, 0.6) is 0 Å². The maximum atomic E-state index is 5.63. The third-order valence-corrected chi connectivity index (χ3v) is 4.13. The van der Waals surface area contributed by atoms with Crippen molar-refractivity contribution >= 4 is 29.9 Å². The molecule has 2 atom stereocenters. The molecule has 0 bridgehead atoms. The first kappa shape index (κ1) is 19.3. The molecule has 1 aromatic rings. The molecule has 22 heavy (non-hydrogen) atoms. The molecule has 126 valence electrons. The van der Waals surface area contributed by atoms with E-state index < -0.39 is 0 Å². The summed E-state index contributed by atoms with van der Waals surface area (Å²) < 4.78 is 5.63. The van der Waals surface area contributed by atoms with Gasteiger partial charge in [-0.2, -0.15) is 0 Å². The van der Waals surface area contributed by atoms with Gasteiger partial charge in [0, 0.05) is 19.6 Å². The first-order chi connectivity index (χ1) is 10.2. The second-order valence-corrected chi connectivity index (χ2v) is 5.68. The number of rotatable bonds is 6. The number of furan rings is 1. The molecule has 1 saturated heterocycles. The van der Waals surface area contributed by atoms with Crippen molar-refractivity contribution in [1.82, 2.24) is 15.5 Å². The van der Waals surface area contributed by atoms with E-state index in [0.717, 1.165) is 37.8 Å². The predicted octanol–water partition coefficient (Wildman–Crippen LogP) is 3.00. The average molecular weight is 420 g/mol. The molecule has 2 N–H and O–H groups in total. The summed E-state index contributed by atoms with van der Waals surface area (Å²) in [5.41, 5.74) is 0. The van der Waals surface area contributed by atoms with Crippen molar-refractivity contribution in [2.75, 3.05) is 26.7 Å². The molecule has 0 radical (unpaired) electrons. The molecular formula is C16H29IN4O. The molecule has 6 heteroatoms. The largest absolute Gasteiger partial charge is 0.468 e. The van der Waals surface area contributed by atoms with Crippen molar-refractivity contribution in [2.45, 2.75) is 45.2 Å². The first-order valence-electron chi connectivity index (χ1n) is 7.99. The monoisotopic (exact) mass is 420 g/mol. The van der Waals surface area contributed by atoms with Gasteiger partial charge in [-0.25, -0.2) is 0 Å². The molecule has 1 aliphatic heterocycles. The van der Waals surface area contributed by atoms with E-state index in [1.54, 1.807) is 6.26 Å². The summed E-state index contributed by atoms with van der Waals surface area (Å²) in [6, 6.07) is 4.73. The second kappa shape index (κ2) is 10.1. The lowest BCUT2D eigenvalue weighted by atomic mass is 10.2. The summed E-state index contributed by atoms with van der Waals surface area (Å²) in [5, 5.41) is 6.83. The SMILES string of the molecule is CCC(C)NC(=NC)NCC(c1ccco1)N1CCCC1.I. The van der Waals surface area contributed by atoms with Crippen LogP contribution < -0.4 is 10.6 Å². The Morgan fingerprint density at radius 2 is 2.14 bits per heavy atom. The van der Waals surface area contributed by atoms with E-state index in [1.807, 2.05) is 13.1 Å². The Morgan fingerprint density at radius 3 is 2.68 bits per heavy atom. The summed E-state index contributed by atoms with van der Waals surface area (Å²) in [4.78, 5) is 6.79. The van der Waals surface area contributed by atoms with Gasteiger partial charge >= 0.3 is 0 Å². The van der Waals surface area contributed by atoms with E-state index in [-0.39, 0.29) is 30.0 Å². The van der Waals surface area contributed by atoms with Gasteiger partial charge in [0.05, 0.1) is 12.3 Å². The van der Waals surface area contributed by atoms with Crippen molar-refractivity contribution in [1.29, 1.82) is 0 Å². The molecule has 0 aromatic carbocycles. The molecule has 2 rings (SSSR count). The summed E-state index contributed by atoms with van der Waals surface area (Å²) in [7, 11) is 1.81. The second-order valence-electron chi connectivity index (χ2n) is 5.68. The molecule has 2 unspecified atom stereocenters. The Morgan fingerprint density at radius 1 is 1.41 bits per heavy atom. The predicted molar refractivity (Wildman–Crippen MR) is 102 cm³/mol. The van der Waals surface area contributed by atoms with E-state index in [4.69, 9.17) is 4.42 Å². The van der Waals surface area contributed by atoms with Crippen LogP contribution >= 0.6 is 24.0 Å². The van der Waals surface area contributed by atoms with Crippen molar-refractivity contribution in [3.05, 3.63) is 24.2 Å². The summed E-state index contributed by atoms with van der Waals surface area (Å²) in [5.74, 6) is 1.89. The zero-order valence-electron chi connectivity index (χ0n) is 13.8. The third kappa shape index (κ3) is 5.46. The summed E-state index contributed by atoms with van der Waals surface area (Å²) >= 11 is 0. The summed E-state index contributed by atoms with van der Waals surface area (Å²) in [6.45, 7) is 7.43. The number of likely N-dealkylation sites (tertiary alicyclic amines) is 1. The highest BCUT2D eigenvalue weighted by Gasteiger charge is 2.25. The maximum absolute atomic E-state index is 5.63. The highest BCUT2D eigenvalue weighted by molar-refractivity contribution is 14.0. The number of nitrogens with one attached hydrogen (secondary N) is 2. The molecule has 0 amide bonds. The van der Waals surface area contributed by atoms with Crippen LogP contribution in [-0.4, -0.2) is 43.6 Å². The Labute approximate surface area is 150 Å². The van der Waals surface area contributed by atoms with E-state index >= 15 is 0 Å². The van der Waals surface area contributed by atoms with Crippen LogP contribution in [-0.2, 0) is 0 Å². The zero-order chi connectivity index (χ0) is 15.1. The Kier molecular flexibility index (Phi) is 8.85. The number of hydrogen-bond acceptors (Lipinski definition) is 3. The highest BCUT2D eigenvalue weighted by Crippen LogP contribution is 2.24. The van der Waals surface area contributed by atoms with E-state index in [1.165, 1.54) is 12.8 Å². The minimum atomic E-state index is 0. The van der Waals surface area contributed by atoms with Crippen molar-refractivity contribution in [3.8, 4) is 0 Å². The average Bonchev–Trinajstić information content (AvgIpc) is 3.19. The number of halogens is 1. The number of guanidine groups is 1. The van der Waals surface area contributed by atoms with Gasteiger partial charge in [-0.3, -0.25) is 9.89 Å². The fraction of sp³-hybridized carbons (Fsp3) is 0.688. The molecule has 0 aliphatic carbocycles. The van der Waals surface area contributed by atoms with Gasteiger partial charge in [-0.15, -0.1) is 24.0 Å². The van der Waals surface area contributed by atoms with Gasteiger partial charge < -0.3 is 15.1 Å². The van der Waals surface area contributed by atoms with E-state index in [9.17, 15) is 0 Å².